The van der Waals surface area contributed by atoms with E-state index >= 15 is 0 Å². The number of imide groups is 1. The Morgan fingerprint density at radius 2 is 2.25 bits per heavy atom. The first kappa shape index (κ1) is 8.89. The quantitative estimate of drug-likeness (QED) is 0.318. The fraction of sp³-hybridized carbons (Fsp3) is 0.429. The van der Waals surface area contributed by atoms with E-state index in [1.165, 1.54) is 6.08 Å². The van der Waals surface area contributed by atoms with Gasteiger partial charge in [-0.25, -0.2) is 0 Å². The second kappa shape index (κ2) is 3.99. The van der Waals surface area contributed by atoms with E-state index in [4.69, 9.17) is 10.5 Å². The van der Waals surface area contributed by atoms with Crippen molar-refractivity contribution in [3.8, 4) is 0 Å². The lowest BCUT2D eigenvalue weighted by atomic mass is 10.2. The molecule has 0 fully saturated rings. The fourth-order valence-electron chi connectivity index (χ4n) is 0.903. The van der Waals surface area contributed by atoms with Gasteiger partial charge in [0.1, 0.15) is 0 Å². The average Bonchev–Trinajstić information content (AvgIpc) is 2.31. The van der Waals surface area contributed by atoms with Crippen molar-refractivity contribution in [3.05, 3.63) is 11.6 Å². The Labute approximate surface area is 69.6 Å². The highest BCUT2D eigenvalue weighted by molar-refractivity contribution is 6.16. The molecule has 0 aromatic rings. The average molecular weight is 170 g/mol. The number of ether oxygens (including phenoxy) is 1. The summed E-state index contributed by atoms with van der Waals surface area (Å²) in [4.78, 5) is 21.5. The summed E-state index contributed by atoms with van der Waals surface area (Å²) in [6, 6.07) is 0. The van der Waals surface area contributed by atoms with Crippen LogP contribution in [0.3, 0.4) is 0 Å². The third-order valence-electron chi connectivity index (χ3n) is 1.47. The van der Waals surface area contributed by atoms with Crippen molar-refractivity contribution in [3.63, 3.8) is 0 Å². The van der Waals surface area contributed by atoms with Crippen LogP contribution in [0.4, 0.5) is 0 Å². The summed E-state index contributed by atoms with van der Waals surface area (Å²) in [6.45, 7) is 0.492. The third-order valence-corrected chi connectivity index (χ3v) is 1.47. The molecule has 2 amide bonds. The van der Waals surface area contributed by atoms with Gasteiger partial charge in [-0.15, -0.1) is 0 Å². The van der Waals surface area contributed by atoms with Gasteiger partial charge in [0, 0.05) is 18.1 Å². The molecule has 0 spiro atoms. The maximum atomic E-state index is 10.9. The summed E-state index contributed by atoms with van der Waals surface area (Å²) in [5.41, 5.74) is 5.52. The van der Waals surface area contributed by atoms with E-state index in [9.17, 15) is 9.59 Å². The molecule has 1 aliphatic heterocycles. The second-order valence-corrected chi connectivity index (χ2v) is 2.31. The first-order valence-electron chi connectivity index (χ1n) is 3.57. The highest BCUT2D eigenvalue weighted by Gasteiger charge is 2.19. The molecule has 0 aromatic carbocycles. The summed E-state index contributed by atoms with van der Waals surface area (Å²) in [5, 5.41) is 2.14. The van der Waals surface area contributed by atoms with Crippen LogP contribution in [0.5, 0.6) is 0 Å². The predicted octanol–water partition coefficient (Wildman–Crippen LogP) is -1.11. The largest absolute Gasteiger partial charge is 0.366 e. The maximum Gasteiger partial charge on any atom is 0.254 e. The van der Waals surface area contributed by atoms with Crippen molar-refractivity contribution in [2.45, 2.75) is 6.42 Å². The van der Waals surface area contributed by atoms with E-state index in [1.54, 1.807) is 0 Å². The summed E-state index contributed by atoms with van der Waals surface area (Å²) < 4.78 is 4.82. The molecule has 66 valence electrons. The number of rotatable bonds is 4. The van der Waals surface area contributed by atoms with Crippen molar-refractivity contribution in [1.82, 2.24) is 5.32 Å². The van der Waals surface area contributed by atoms with Crippen LogP contribution in [0.2, 0.25) is 0 Å². The molecule has 0 radical (unpaired) electrons. The number of carbonyl (C=O) groups is 2. The minimum absolute atomic E-state index is 0.128. The van der Waals surface area contributed by atoms with Gasteiger partial charge < -0.3 is 10.5 Å². The monoisotopic (exact) mass is 170 g/mol. The van der Waals surface area contributed by atoms with Crippen LogP contribution in [0.1, 0.15) is 6.42 Å². The van der Waals surface area contributed by atoms with Crippen molar-refractivity contribution < 1.29 is 14.3 Å². The zero-order valence-corrected chi connectivity index (χ0v) is 6.50. The van der Waals surface area contributed by atoms with Gasteiger partial charge in [0.25, 0.3) is 11.8 Å². The SMILES string of the molecule is NCOCCC1=CC(=O)NC1=O. The highest BCUT2D eigenvalue weighted by Crippen LogP contribution is 2.06. The van der Waals surface area contributed by atoms with Crippen molar-refractivity contribution in [1.29, 1.82) is 0 Å². The van der Waals surface area contributed by atoms with E-state index in [0.29, 0.717) is 18.6 Å². The van der Waals surface area contributed by atoms with Gasteiger partial charge in [-0.3, -0.25) is 14.9 Å². The van der Waals surface area contributed by atoms with E-state index in [-0.39, 0.29) is 18.5 Å². The van der Waals surface area contributed by atoms with Crippen LogP contribution < -0.4 is 11.1 Å². The van der Waals surface area contributed by atoms with Crippen molar-refractivity contribution in [2.75, 3.05) is 13.3 Å². The van der Waals surface area contributed by atoms with E-state index in [2.05, 4.69) is 5.32 Å². The number of nitrogens with two attached hydrogens (primary N) is 1. The first-order chi connectivity index (χ1) is 5.74. The number of hydrogen-bond donors (Lipinski definition) is 2. The van der Waals surface area contributed by atoms with Crippen LogP contribution in [-0.4, -0.2) is 25.2 Å². The van der Waals surface area contributed by atoms with Gasteiger partial charge in [-0.2, -0.15) is 0 Å². The zero-order valence-electron chi connectivity index (χ0n) is 6.50. The maximum absolute atomic E-state index is 10.9. The smallest absolute Gasteiger partial charge is 0.254 e. The van der Waals surface area contributed by atoms with E-state index < -0.39 is 0 Å². The lowest BCUT2D eigenvalue weighted by Gasteiger charge is -1.99. The third kappa shape index (κ3) is 2.14. The topological polar surface area (TPSA) is 81.4 Å². The summed E-state index contributed by atoms with van der Waals surface area (Å²) in [6.07, 6.45) is 1.71. The van der Waals surface area contributed by atoms with Crippen LogP contribution in [0.15, 0.2) is 11.6 Å². The Morgan fingerprint density at radius 1 is 1.50 bits per heavy atom. The summed E-state index contributed by atoms with van der Waals surface area (Å²) in [5.74, 6) is -0.691. The molecule has 1 heterocycles. The molecule has 1 aliphatic rings. The second-order valence-electron chi connectivity index (χ2n) is 2.31. The summed E-state index contributed by atoms with van der Waals surface area (Å²) >= 11 is 0. The molecular weight excluding hydrogens is 160 g/mol. The van der Waals surface area contributed by atoms with Gasteiger partial charge >= 0.3 is 0 Å². The van der Waals surface area contributed by atoms with Gasteiger partial charge in [0.15, 0.2) is 0 Å². The highest BCUT2D eigenvalue weighted by atomic mass is 16.5. The lowest BCUT2D eigenvalue weighted by Crippen LogP contribution is -2.22. The van der Waals surface area contributed by atoms with Crippen molar-refractivity contribution >= 4 is 11.8 Å². The normalized spacial score (nSPS) is 16.2. The van der Waals surface area contributed by atoms with E-state index in [0.717, 1.165) is 0 Å². The van der Waals surface area contributed by atoms with Crippen LogP contribution >= 0.6 is 0 Å². The Morgan fingerprint density at radius 3 is 2.75 bits per heavy atom. The zero-order chi connectivity index (χ0) is 8.97. The van der Waals surface area contributed by atoms with Gasteiger partial charge in [-0.05, 0) is 0 Å². The number of nitrogens with one attached hydrogen (secondary N) is 1. The fourth-order valence-corrected chi connectivity index (χ4v) is 0.903. The Bertz CT molecular complexity index is 235. The van der Waals surface area contributed by atoms with Crippen LogP contribution in [0, 0.1) is 0 Å². The van der Waals surface area contributed by atoms with Gasteiger partial charge in [0.05, 0.1) is 13.3 Å². The van der Waals surface area contributed by atoms with Crippen LogP contribution in [-0.2, 0) is 14.3 Å². The van der Waals surface area contributed by atoms with Crippen molar-refractivity contribution in [2.24, 2.45) is 5.73 Å². The molecule has 5 heteroatoms. The molecule has 0 bridgehead atoms. The molecule has 0 atom stereocenters. The molecular formula is C7H10N2O3. The molecule has 0 saturated heterocycles. The predicted molar refractivity (Wildman–Crippen MR) is 40.9 cm³/mol. The molecule has 0 aromatic heterocycles. The Kier molecular flexibility index (Phi) is 2.95. The number of amides is 2. The Hall–Kier alpha value is -1.20. The Balaban J connectivity index is 2.36. The standard InChI is InChI=1S/C7H10N2O3/c8-4-12-2-1-5-3-6(10)9-7(5)11/h3H,1-2,4,8H2,(H,9,10,11). The lowest BCUT2D eigenvalue weighted by molar-refractivity contribution is -0.123. The summed E-state index contributed by atoms with van der Waals surface area (Å²) in [7, 11) is 0. The van der Waals surface area contributed by atoms with Gasteiger partial charge in [0.2, 0.25) is 0 Å². The molecule has 1 rings (SSSR count). The first-order valence-corrected chi connectivity index (χ1v) is 3.57. The molecule has 12 heavy (non-hydrogen) atoms. The van der Waals surface area contributed by atoms with E-state index in [1.807, 2.05) is 0 Å². The molecule has 0 aliphatic carbocycles. The minimum atomic E-state index is -0.359. The number of hydrogen-bond acceptors (Lipinski definition) is 4. The number of carbonyl (C=O) groups excluding carboxylic acids is 2. The molecule has 0 unspecified atom stereocenters. The minimum Gasteiger partial charge on any atom is -0.366 e. The molecule has 0 saturated carbocycles. The molecule has 5 nitrogen and oxygen atoms in total. The van der Waals surface area contributed by atoms with Crippen LogP contribution in [0.25, 0.3) is 0 Å². The van der Waals surface area contributed by atoms with Gasteiger partial charge in [-0.1, -0.05) is 0 Å². The molecule has 3 N–H and O–H groups in total.